The Bertz CT molecular complexity index is 819. The zero-order valence-corrected chi connectivity index (χ0v) is 18.1. The number of anilines is 1. The van der Waals surface area contributed by atoms with Gasteiger partial charge >= 0.3 is 0 Å². The van der Waals surface area contributed by atoms with Crippen LogP contribution >= 0.6 is 0 Å². The zero-order valence-electron chi connectivity index (χ0n) is 18.1. The molecule has 0 radical (unpaired) electrons. The van der Waals surface area contributed by atoms with Gasteiger partial charge in [-0.2, -0.15) is 0 Å². The van der Waals surface area contributed by atoms with E-state index < -0.39 is 0 Å². The molecule has 1 heteroatoms. The monoisotopic (exact) mass is 387 g/mol. The summed E-state index contributed by atoms with van der Waals surface area (Å²) in [6.45, 7) is 2.29. The lowest BCUT2D eigenvalue weighted by molar-refractivity contribution is 0.541. The van der Waals surface area contributed by atoms with Crippen LogP contribution in [0.15, 0.2) is 72.8 Å². The highest BCUT2D eigenvalue weighted by molar-refractivity contribution is 5.93. The van der Waals surface area contributed by atoms with Crippen LogP contribution in [-0.2, 0) is 0 Å². The fourth-order valence-electron chi connectivity index (χ4n) is 4.21. The van der Waals surface area contributed by atoms with Crippen LogP contribution in [0.5, 0.6) is 0 Å². The molecule has 154 valence electrons. The van der Waals surface area contributed by atoms with Gasteiger partial charge in [-0.1, -0.05) is 131 Å². The molecule has 0 heterocycles. The topological polar surface area (TPSA) is 12.0 Å². The van der Waals surface area contributed by atoms with Crippen molar-refractivity contribution in [3.63, 3.8) is 0 Å². The van der Waals surface area contributed by atoms with E-state index >= 15 is 0 Å². The Morgan fingerprint density at radius 1 is 0.621 bits per heavy atom. The van der Waals surface area contributed by atoms with Gasteiger partial charge in [0.15, 0.2) is 0 Å². The second-order valence-electron chi connectivity index (χ2n) is 8.25. The normalized spacial score (nSPS) is 12.2. The second kappa shape index (κ2) is 12.3. The van der Waals surface area contributed by atoms with Crippen molar-refractivity contribution >= 4 is 16.5 Å². The molecule has 0 amide bonds. The van der Waals surface area contributed by atoms with Gasteiger partial charge in [-0.3, -0.25) is 0 Å². The largest absolute Gasteiger partial charge is 0.378 e. The first-order valence-electron chi connectivity index (χ1n) is 11.7. The molecule has 3 aromatic rings. The van der Waals surface area contributed by atoms with Gasteiger partial charge in [0.25, 0.3) is 0 Å². The first-order valence-corrected chi connectivity index (χ1v) is 11.7. The average Bonchev–Trinajstić information content (AvgIpc) is 2.78. The number of unbranched alkanes of at least 4 members (excludes halogenated alkanes) is 8. The highest BCUT2D eigenvalue weighted by Gasteiger charge is 2.12. The summed E-state index contributed by atoms with van der Waals surface area (Å²) in [6, 6.07) is 26.5. The average molecular weight is 388 g/mol. The standard InChI is InChI=1S/C28H37N/c1-2-3-4-5-6-7-8-9-13-22-27(25-18-11-10-12-19-25)29-28-23-16-20-24-17-14-15-21-26(24)28/h10-12,14-21,23,27,29H,2-9,13,22H2,1H3. The molecule has 0 aliphatic rings. The summed E-state index contributed by atoms with van der Waals surface area (Å²) < 4.78 is 0. The van der Waals surface area contributed by atoms with Crippen molar-refractivity contribution < 1.29 is 0 Å². The van der Waals surface area contributed by atoms with Crippen LogP contribution in [-0.4, -0.2) is 0 Å². The number of fused-ring (bicyclic) bond motifs is 1. The molecule has 3 rings (SSSR count). The van der Waals surface area contributed by atoms with E-state index in [1.165, 1.54) is 86.2 Å². The lowest BCUT2D eigenvalue weighted by Crippen LogP contribution is -2.11. The molecule has 0 fully saturated rings. The van der Waals surface area contributed by atoms with Crippen LogP contribution in [0, 0.1) is 0 Å². The Kier molecular flexibility index (Phi) is 9.10. The summed E-state index contributed by atoms with van der Waals surface area (Å²) in [4.78, 5) is 0. The van der Waals surface area contributed by atoms with Gasteiger partial charge in [-0.05, 0) is 23.4 Å². The quantitative estimate of drug-likeness (QED) is 0.289. The minimum absolute atomic E-state index is 0.367. The third-order valence-corrected chi connectivity index (χ3v) is 5.92. The Morgan fingerprint density at radius 3 is 2.00 bits per heavy atom. The first-order chi connectivity index (χ1) is 14.4. The van der Waals surface area contributed by atoms with Crippen molar-refractivity contribution in [1.82, 2.24) is 0 Å². The van der Waals surface area contributed by atoms with Crippen molar-refractivity contribution in [2.24, 2.45) is 0 Å². The molecule has 0 saturated heterocycles. The lowest BCUT2D eigenvalue weighted by atomic mass is 9.98. The number of hydrogen-bond donors (Lipinski definition) is 1. The van der Waals surface area contributed by atoms with Crippen LogP contribution < -0.4 is 5.32 Å². The fraction of sp³-hybridized carbons (Fsp3) is 0.429. The predicted molar refractivity (Wildman–Crippen MR) is 129 cm³/mol. The molecule has 29 heavy (non-hydrogen) atoms. The molecule has 1 unspecified atom stereocenters. The Labute approximate surface area is 177 Å². The first kappa shape index (κ1) is 21.4. The maximum absolute atomic E-state index is 3.86. The van der Waals surface area contributed by atoms with Crippen molar-refractivity contribution in [3.05, 3.63) is 78.4 Å². The fourth-order valence-corrected chi connectivity index (χ4v) is 4.21. The minimum atomic E-state index is 0.367. The molecule has 3 aromatic carbocycles. The van der Waals surface area contributed by atoms with Gasteiger partial charge in [0.05, 0.1) is 6.04 Å². The van der Waals surface area contributed by atoms with Crippen LogP contribution in [0.25, 0.3) is 10.8 Å². The summed E-state index contributed by atoms with van der Waals surface area (Å²) in [5, 5.41) is 6.47. The van der Waals surface area contributed by atoms with Crippen LogP contribution in [0.3, 0.4) is 0 Å². The molecule has 1 atom stereocenters. The van der Waals surface area contributed by atoms with Crippen molar-refractivity contribution in [1.29, 1.82) is 0 Å². The van der Waals surface area contributed by atoms with Gasteiger partial charge in [0.2, 0.25) is 0 Å². The van der Waals surface area contributed by atoms with Gasteiger partial charge < -0.3 is 5.32 Å². The summed E-state index contributed by atoms with van der Waals surface area (Å²) in [5.41, 5.74) is 2.63. The highest BCUT2D eigenvalue weighted by Crippen LogP contribution is 2.30. The number of benzene rings is 3. The van der Waals surface area contributed by atoms with E-state index in [9.17, 15) is 0 Å². The van der Waals surface area contributed by atoms with E-state index in [0.29, 0.717) is 6.04 Å². The highest BCUT2D eigenvalue weighted by atomic mass is 14.9. The molecular weight excluding hydrogens is 350 g/mol. The van der Waals surface area contributed by atoms with Crippen LogP contribution in [0.4, 0.5) is 5.69 Å². The number of rotatable bonds is 13. The predicted octanol–water partition coefficient (Wildman–Crippen LogP) is 8.91. The van der Waals surface area contributed by atoms with Crippen molar-refractivity contribution in [2.45, 2.75) is 77.2 Å². The van der Waals surface area contributed by atoms with Gasteiger partial charge in [-0.25, -0.2) is 0 Å². The molecule has 1 N–H and O–H groups in total. The molecule has 1 nitrogen and oxygen atoms in total. The Balaban J connectivity index is 1.55. The van der Waals surface area contributed by atoms with Crippen molar-refractivity contribution in [3.8, 4) is 0 Å². The Morgan fingerprint density at radius 2 is 1.24 bits per heavy atom. The maximum Gasteiger partial charge on any atom is 0.0514 e. The minimum Gasteiger partial charge on any atom is -0.378 e. The molecule has 0 aliphatic heterocycles. The molecule has 0 bridgehead atoms. The number of hydrogen-bond acceptors (Lipinski definition) is 1. The third kappa shape index (κ3) is 6.92. The van der Waals surface area contributed by atoms with Crippen LogP contribution in [0.2, 0.25) is 0 Å². The summed E-state index contributed by atoms with van der Waals surface area (Å²) in [5.74, 6) is 0. The van der Waals surface area contributed by atoms with Crippen molar-refractivity contribution in [2.75, 3.05) is 5.32 Å². The Hall–Kier alpha value is -2.28. The van der Waals surface area contributed by atoms with E-state index in [2.05, 4.69) is 85.0 Å². The van der Waals surface area contributed by atoms with E-state index in [0.717, 1.165) is 0 Å². The van der Waals surface area contributed by atoms with E-state index in [-0.39, 0.29) is 0 Å². The van der Waals surface area contributed by atoms with Gasteiger partial charge in [0, 0.05) is 11.1 Å². The molecule has 0 aromatic heterocycles. The van der Waals surface area contributed by atoms with Gasteiger partial charge in [0.1, 0.15) is 0 Å². The zero-order chi connectivity index (χ0) is 20.2. The SMILES string of the molecule is CCCCCCCCCCCC(Nc1cccc2ccccc12)c1ccccc1. The lowest BCUT2D eigenvalue weighted by Gasteiger charge is -2.22. The molecule has 0 spiro atoms. The van der Waals surface area contributed by atoms with E-state index in [1.807, 2.05) is 0 Å². The summed E-state index contributed by atoms with van der Waals surface area (Å²) in [7, 11) is 0. The maximum atomic E-state index is 3.86. The summed E-state index contributed by atoms with van der Waals surface area (Å²) in [6.07, 6.45) is 13.6. The number of nitrogens with one attached hydrogen (secondary N) is 1. The molecular formula is C28H37N. The molecule has 0 saturated carbocycles. The van der Waals surface area contributed by atoms with Gasteiger partial charge in [-0.15, -0.1) is 0 Å². The second-order valence-corrected chi connectivity index (χ2v) is 8.25. The van der Waals surface area contributed by atoms with E-state index in [1.54, 1.807) is 0 Å². The molecule has 0 aliphatic carbocycles. The van der Waals surface area contributed by atoms with Crippen LogP contribution in [0.1, 0.15) is 82.7 Å². The third-order valence-electron chi connectivity index (χ3n) is 5.92. The smallest absolute Gasteiger partial charge is 0.0514 e. The summed E-state index contributed by atoms with van der Waals surface area (Å²) >= 11 is 0. The van der Waals surface area contributed by atoms with E-state index in [4.69, 9.17) is 0 Å².